The van der Waals surface area contributed by atoms with Crippen molar-refractivity contribution in [1.29, 1.82) is 0 Å². The van der Waals surface area contributed by atoms with Crippen molar-refractivity contribution in [3.05, 3.63) is 0 Å². The normalized spacial score (nSPS) is 18.0. The van der Waals surface area contributed by atoms with Gasteiger partial charge in [0.05, 0.1) is 0 Å². The number of nitrogens with zero attached hydrogens (tertiary/aromatic N) is 1. The highest BCUT2D eigenvalue weighted by Crippen LogP contribution is 2.56. The van der Waals surface area contributed by atoms with E-state index in [0.29, 0.717) is 0 Å². The third-order valence-corrected chi connectivity index (χ3v) is 116. The molecule has 0 N–H and O–H groups in total. The molecule has 0 saturated carbocycles. The summed E-state index contributed by atoms with van der Waals surface area (Å²) in [7, 11) is 0. The topological polar surface area (TPSA) is 3.24 Å². The molecule has 1 atom stereocenters. The Balaban J connectivity index is 6.64. The summed E-state index contributed by atoms with van der Waals surface area (Å²) in [4.78, 5) is 0. The zero-order valence-electron chi connectivity index (χ0n) is 12.3. The van der Waals surface area contributed by atoms with Crippen LogP contribution in [0, 0.1) is 0 Å². The van der Waals surface area contributed by atoms with E-state index < -0.39 is 29.1 Å². The van der Waals surface area contributed by atoms with E-state index in [1.54, 1.807) is 0 Å². The third kappa shape index (κ3) is 5.24. The minimum Gasteiger partial charge on any atom is -0.307 e. The first kappa shape index (κ1) is 27.2. The maximum atomic E-state index is 6.99. The lowest BCUT2D eigenvalue weighted by Gasteiger charge is -2.52. The van der Waals surface area contributed by atoms with Gasteiger partial charge in [-0.25, -0.2) is 0 Å². The van der Waals surface area contributed by atoms with Crippen LogP contribution in [0.5, 0.6) is 0 Å². The number of halogens is 11. The van der Waals surface area contributed by atoms with Crippen LogP contribution < -0.4 is 0 Å². The largest absolute Gasteiger partial charge is 0.358 e. The molecule has 0 bridgehead atoms. The second kappa shape index (κ2) is 8.94. The molecule has 1 unspecified atom stereocenters. The molecule has 0 saturated heterocycles. The van der Waals surface area contributed by atoms with Gasteiger partial charge in [0.1, 0.15) is 0 Å². The summed E-state index contributed by atoms with van der Waals surface area (Å²) in [6.07, 6.45) is 0. The molecular weight excluding hydrogens is 616 g/mol. The molecule has 0 heterocycles. The van der Waals surface area contributed by atoms with Crippen LogP contribution >= 0.6 is 122 Å². The summed E-state index contributed by atoms with van der Waals surface area (Å²) < 4.78 is 1.84. The Labute approximate surface area is 193 Å². The zero-order chi connectivity index (χ0) is 19.2. The van der Waals surface area contributed by atoms with Crippen molar-refractivity contribution in [3.63, 3.8) is 0 Å². The molecule has 17 heteroatoms. The molecular formula is C6H14Cl11NSi5. The Morgan fingerprint density at radius 1 is 0.522 bits per heavy atom. The minimum atomic E-state index is -3.87. The Morgan fingerprint density at radius 2 is 0.826 bits per heavy atom. The lowest BCUT2D eigenvalue weighted by molar-refractivity contribution is 0.310. The van der Waals surface area contributed by atoms with Crippen molar-refractivity contribution in [2.75, 3.05) is 0 Å². The smallest absolute Gasteiger partial charge is 0.307 e. The van der Waals surface area contributed by atoms with Gasteiger partial charge in [-0.1, -0.05) is 27.7 Å². The predicted molar refractivity (Wildman–Crippen MR) is 125 cm³/mol. The van der Waals surface area contributed by atoms with Crippen molar-refractivity contribution >= 4 is 151 Å². The van der Waals surface area contributed by atoms with E-state index in [-0.39, 0.29) is 12.1 Å². The van der Waals surface area contributed by atoms with Gasteiger partial charge in [0, 0.05) is 0 Å². The molecule has 0 aliphatic rings. The zero-order valence-corrected chi connectivity index (χ0v) is 25.6. The van der Waals surface area contributed by atoms with Crippen LogP contribution in [0.25, 0.3) is 0 Å². The van der Waals surface area contributed by atoms with Gasteiger partial charge in [-0.3, -0.25) is 0 Å². The third-order valence-electron chi connectivity index (χ3n) is 3.01. The quantitative estimate of drug-likeness (QED) is 0.212. The van der Waals surface area contributed by atoms with Gasteiger partial charge >= 0.3 is 16.8 Å². The standard InChI is InChI=1S/C6H14Cl11NSi5/c1-5(2)18(6(3)4)23(17,20(10,11)12)22(15,16)21(13,14)19(7,8)9/h5-6H,1-4H3. The molecule has 0 fully saturated rings. The molecule has 1 nitrogen and oxygen atoms in total. The van der Waals surface area contributed by atoms with Crippen molar-refractivity contribution in [2.24, 2.45) is 0 Å². The predicted octanol–water partition coefficient (Wildman–Crippen LogP) is 7.25. The highest BCUT2D eigenvalue weighted by molar-refractivity contribution is 8.34. The van der Waals surface area contributed by atoms with Crippen molar-refractivity contribution in [1.82, 2.24) is 4.57 Å². The van der Waals surface area contributed by atoms with Crippen molar-refractivity contribution in [3.8, 4) is 0 Å². The first-order valence-corrected chi connectivity index (χ1v) is 31.2. The maximum absolute atomic E-state index is 6.99. The van der Waals surface area contributed by atoms with Crippen LogP contribution in [0.1, 0.15) is 27.7 Å². The van der Waals surface area contributed by atoms with Gasteiger partial charge in [-0.15, -0.1) is 122 Å². The Morgan fingerprint density at radius 3 is 1.00 bits per heavy atom. The molecule has 0 radical (unpaired) electrons. The Kier molecular flexibility index (Phi) is 10.6. The highest BCUT2D eigenvalue weighted by Gasteiger charge is 2.83. The summed E-state index contributed by atoms with van der Waals surface area (Å²) in [5.74, 6) is 0. The van der Waals surface area contributed by atoms with Crippen LogP contribution in [0.2, 0.25) is 0 Å². The molecule has 140 valence electrons. The van der Waals surface area contributed by atoms with Gasteiger partial charge < -0.3 is 4.57 Å². The lowest BCUT2D eigenvalue weighted by atomic mass is 10.3. The molecule has 0 aliphatic carbocycles. The van der Waals surface area contributed by atoms with Crippen LogP contribution in [0.4, 0.5) is 0 Å². The summed E-state index contributed by atoms with van der Waals surface area (Å²) in [6.45, 7) is 3.89. The summed E-state index contributed by atoms with van der Waals surface area (Å²) in [5, 5.41) is 0. The van der Waals surface area contributed by atoms with Gasteiger partial charge in [0.25, 0.3) is 12.3 Å². The monoisotopic (exact) mass is 625 g/mol. The van der Waals surface area contributed by atoms with E-state index in [1.165, 1.54) is 0 Å². The van der Waals surface area contributed by atoms with E-state index in [2.05, 4.69) is 0 Å². The maximum Gasteiger partial charge on any atom is 0.358 e. The Hall–Kier alpha value is 4.23. The van der Waals surface area contributed by atoms with Gasteiger partial charge in [0.2, 0.25) is 0 Å². The number of rotatable bonds is 7. The van der Waals surface area contributed by atoms with E-state index in [1.807, 2.05) is 32.3 Å². The fraction of sp³-hybridized carbons (Fsp3) is 1.00. The van der Waals surface area contributed by atoms with E-state index in [4.69, 9.17) is 122 Å². The molecule has 0 aromatic heterocycles. The van der Waals surface area contributed by atoms with Gasteiger partial charge in [-0.05, 0) is 12.1 Å². The van der Waals surface area contributed by atoms with Crippen LogP contribution in [-0.2, 0) is 0 Å². The average Bonchev–Trinajstić information content (AvgIpc) is 2.23. The van der Waals surface area contributed by atoms with E-state index in [0.717, 1.165) is 0 Å². The lowest BCUT2D eigenvalue weighted by Crippen LogP contribution is -2.84. The second-order valence-electron chi connectivity index (χ2n) is 5.36. The van der Waals surface area contributed by atoms with Gasteiger partial charge in [-0.2, -0.15) is 0 Å². The van der Waals surface area contributed by atoms with Crippen LogP contribution in [0.15, 0.2) is 0 Å². The molecule has 0 spiro atoms. The van der Waals surface area contributed by atoms with Crippen molar-refractivity contribution < 1.29 is 0 Å². The average molecular weight is 631 g/mol. The second-order valence-corrected chi connectivity index (χ2v) is 72.3. The summed E-state index contributed by atoms with van der Waals surface area (Å²) in [6, 6.07) is -0.219. The molecule has 23 heavy (non-hydrogen) atoms. The first-order valence-electron chi connectivity index (χ1n) is 6.13. The van der Waals surface area contributed by atoms with E-state index >= 15 is 0 Å². The van der Waals surface area contributed by atoms with Gasteiger partial charge in [0.15, 0.2) is 0 Å². The SMILES string of the molecule is CC(C)N(C(C)C)[Si](Cl)([Si](Cl)(Cl)Cl)[Si](Cl)(Cl)[Si](Cl)(Cl)[Si](Cl)(Cl)Cl. The first-order chi connectivity index (χ1) is 9.76. The fourth-order valence-corrected chi connectivity index (χ4v) is 141. The van der Waals surface area contributed by atoms with Crippen LogP contribution in [0.3, 0.4) is 0 Å². The highest BCUT2D eigenvalue weighted by atomic mass is 35.9. The fourth-order valence-electron chi connectivity index (χ4n) is 2.18. The molecule has 0 aromatic carbocycles. The molecule has 0 rings (SSSR count). The van der Waals surface area contributed by atoms with Crippen molar-refractivity contribution in [2.45, 2.75) is 39.8 Å². The molecule has 0 aliphatic heterocycles. The summed E-state index contributed by atoms with van der Waals surface area (Å²) >= 11 is 70.9. The molecule has 0 amide bonds. The van der Waals surface area contributed by atoms with Crippen LogP contribution in [-0.4, -0.2) is 45.7 Å². The number of hydrogen-bond acceptors (Lipinski definition) is 1. The van der Waals surface area contributed by atoms with E-state index in [9.17, 15) is 0 Å². The molecule has 0 aromatic rings. The Bertz CT molecular complexity index is 412. The minimum absolute atomic E-state index is 0.109. The number of hydrogen-bond donors (Lipinski definition) is 0. The summed E-state index contributed by atoms with van der Waals surface area (Å²) in [5.41, 5.74) is -15.0.